The Labute approximate surface area is 106 Å². The Hall–Kier alpha value is -1.89. The summed E-state index contributed by atoms with van der Waals surface area (Å²) in [6, 6.07) is 3.36. The van der Waals surface area contributed by atoms with Gasteiger partial charge in [0.2, 0.25) is 0 Å². The normalized spacial score (nSPS) is 12.3. The summed E-state index contributed by atoms with van der Waals surface area (Å²) < 4.78 is 10.9. The first kappa shape index (κ1) is 12.6. The highest BCUT2D eigenvalue weighted by molar-refractivity contribution is 7.84. The first-order chi connectivity index (χ1) is 8.66. The molecular weight excluding hydrogens is 252 g/mol. The summed E-state index contributed by atoms with van der Waals surface area (Å²) in [6.07, 6.45) is 4.62. The molecule has 1 N–H and O–H groups in total. The van der Waals surface area contributed by atoms with Crippen LogP contribution in [-0.4, -0.2) is 43.6 Å². The van der Waals surface area contributed by atoms with Crippen molar-refractivity contribution in [3.63, 3.8) is 0 Å². The van der Waals surface area contributed by atoms with E-state index in [9.17, 15) is 9.00 Å². The monoisotopic (exact) mass is 264 g/mol. The summed E-state index contributed by atoms with van der Waals surface area (Å²) in [5.74, 6) is 0.141. The van der Waals surface area contributed by atoms with Crippen molar-refractivity contribution in [1.29, 1.82) is 0 Å². The number of hydrogen-bond donors (Lipinski definition) is 1. The van der Waals surface area contributed by atoms with Gasteiger partial charge < -0.3 is 5.32 Å². The number of amides is 1. The summed E-state index contributed by atoms with van der Waals surface area (Å²) in [6.45, 7) is 0.367. The van der Waals surface area contributed by atoms with E-state index in [0.717, 1.165) is 5.39 Å². The first-order valence-corrected chi connectivity index (χ1v) is 7.04. The van der Waals surface area contributed by atoms with Crippen molar-refractivity contribution in [2.75, 3.05) is 18.6 Å². The molecule has 0 saturated heterocycles. The number of carbonyl (C=O) groups is 1. The van der Waals surface area contributed by atoms with E-state index in [1.807, 2.05) is 0 Å². The standard InChI is InChI=1S/C11H12N4O2S/c1-18(17)5-4-13-11(16)9-3-2-8-6-12-7-14-10(8)15-9/h2-3,6-7H,4-5H2,1H3,(H,13,16). The van der Waals surface area contributed by atoms with E-state index in [1.165, 1.54) is 6.33 Å². The van der Waals surface area contributed by atoms with Crippen molar-refractivity contribution in [2.45, 2.75) is 0 Å². The minimum absolute atomic E-state index is 0.291. The van der Waals surface area contributed by atoms with Gasteiger partial charge in [-0.2, -0.15) is 0 Å². The molecule has 18 heavy (non-hydrogen) atoms. The van der Waals surface area contributed by atoms with Gasteiger partial charge in [0.25, 0.3) is 5.91 Å². The van der Waals surface area contributed by atoms with E-state index in [4.69, 9.17) is 0 Å². The number of pyridine rings is 1. The van der Waals surface area contributed by atoms with Crippen LogP contribution in [-0.2, 0) is 10.8 Å². The number of fused-ring (bicyclic) bond motifs is 1. The maximum absolute atomic E-state index is 11.8. The van der Waals surface area contributed by atoms with E-state index >= 15 is 0 Å². The Balaban J connectivity index is 2.10. The van der Waals surface area contributed by atoms with Crippen LogP contribution < -0.4 is 5.32 Å². The molecule has 2 aromatic rings. The molecular formula is C11H12N4O2S. The van der Waals surface area contributed by atoms with Gasteiger partial charge in [-0.05, 0) is 12.1 Å². The molecule has 1 unspecified atom stereocenters. The van der Waals surface area contributed by atoms with Crippen LogP contribution in [0.4, 0.5) is 0 Å². The molecule has 0 saturated carbocycles. The smallest absolute Gasteiger partial charge is 0.269 e. The van der Waals surface area contributed by atoms with Gasteiger partial charge in [0, 0.05) is 40.9 Å². The van der Waals surface area contributed by atoms with E-state index in [1.54, 1.807) is 24.6 Å². The van der Waals surface area contributed by atoms with Gasteiger partial charge in [0.05, 0.1) is 0 Å². The lowest BCUT2D eigenvalue weighted by Crippen LogP contribution is -2.28. The van der Waals surface area contributed by atoms with Crippen molar-refractivity contribution in [1.82, 2.24) is 20.3 Å². The van der Waals surface area contributed by atoms with Crippen molar-refractivity contribution < 1.29 is 9.00 Å². The van der Waals surface area contributed by atoms with Crippen molar-refractivity contribution in [3.8, 4) is 0 Å². The summed E-state index contributed by atoms with van der Waals surface area (Å²) in [7, 11) is -0.916. The molecule has 0 aliphatic heterocycles. The molecule has 2 aromatic heterocycles. The number of carbonyl (C=O) groups excluding carboxylic acids is 1. The largest absolute Gasteiger partial charge is 0.350 e. The minimum Gasteiger partial charge on any atom is -0.350 e. The van der Waals surface area contributed by atoms with Gasteiger partial charge >= 0.3 is 0 Å². The van der Waals surface area contributed by atoms with Gasteiger partial charge in [-0.15, -0.1) is 0 Å². The highest BCUT2D eigenvalue weighted by atomic mass is 32.2. The zero-order chi connectivity index (χ0) is 13.0. The number of nitrogens with zero attached hydrogens (tertiary/aromatic N) is 3. The minimum atomic E-state index is -0.916. The van der Waals surface area contributed by atoms with Crippen LogP contribution in [0.2, 0.25) is 0 Å². The Morgan fingerprint density at radius 1 is 1.44 bits per heavy atom. The Bertz CT molecular complexity index is 602. The van der Waals surface area contributed by atoms with Crippen LogP contribution in [0.3, 0.4) is 0 Å². The fourth-order valence-corrected chi connectivity index (χ4v) is 1.78. The molecule has 0 aliphatic rings. The van der Waals surface area contributed by atoms with Crippen LogP contribution in [0.5, 0.6) is 0 Å². The molecule has 6 nitrogen and oxygen atoms in total. The van der Waals surface area contributed by atoms with Crippen molar-refractivity contribution >= 4 is 27.7 Å². The number of aromatic nitrogens is 3. The maximum Gasteiger partial charge on any atom is 0.269 e. The van der Waals surface area contributed by atoms with Gasteiger partial charge in [0.1, 0.15) is 12.0 Å². The van der Waals surface area contributed by atoms with E-state index in [2.05, 4.69) is 20.3 Å². The van der Waals surface area contributed by atoms with Crippen molar-refractivity contribution in [2.24, 2.45) is 0 Å². The molecule has 0 radical (unpaired) electrons. The molecule has 0 fully saturated rings. The Morgan fingerprint density at radius 2 is 2.28 bits per heavy atom. The molecule has 1 atom stereocenters. The quantitative estimate of drug-likeness (QED) is 0.848. The number of hydrogen-bond acceptors (Lipinski definition) is 5. The topological polar surface area (TPSA) is 84.8 Å². The average Bonchev–Trinajstić information content (AvgIpc) is 2.37. The van der Waals surface area contributed by atoms with Gasteiger partial charge in [-0.25, -0.2) is 15.0 Å². The van der Waals surface area contributed by atoms with Crippen LogP contribution in [0.25, 0.3) is 11.0 Å². The van der Waals surface area contributed by atoms with Crippen LogP contribution in [0.15, 0.2) is 24.7 Å². The third-order valence-corrected chi connectivity index (χ3v) is 3.05. The molecule has 0 bridgehead atoms. The summed E-state index contributed by atoms with van der Waals surface area (Å²) in [4.78, 5) is 23.7. The van der Waals surface area contributed by atoms with E-state index in [0.29, 0.717) is 23.6 Å². The predicted molar refractivity (Wildman–Crippen MR) is 68.6 cm³/mol. The summed E-state index contributed by atoms with van der Waals surface area (Å²) >= 11 is 0. The lowest BCUT2D eigenvalue weighted by Gasteiger charge is -2.03. The van der Waals surface area contributed by atoms with Gasteiger partial charge in [-0.1, -0.05) is 0 Å². The number of nitrogens with one attached hydrogen (secondary N) is 1. The fourth-order valence-electron chi connectivity index (χ4n) is 1.39. The second kappa shape index (κ2) is 5.63. The third kappa shape index (κ3) is 3.07. The molecule has 0 spiro atoms. The van der Waals surface area contributed by atoms with Gasteiger partial charge in [-0.3, -0.25) is 9.00 Å². The molecule has 2 heterocycles. The van der Waals surface area contributed by atoms with Crippen LogP contribution in [0.1, 0.15) is 10.5 Å². The van der Waals surface area contributed by atoms with Crippen LogP contribution in [0, 0.1) is 0 Å². The Kier molecular flexibility index (Phi) is 3.93. The lowest BCUT2D eigenvalue weighted by molar-refractivity contribution is 0.0951. The molecule has 94 valence electrons. The second-order valence-electron chi connectivity index (χ2n) is 3.67. The first-order valence-electron chi connectivity index (χ1n) is 5.32. The Morgan fingerprint density at radius 3 is 3.06 bits per heavy atom. The zero-order valence-corrected chi connectivity index (χ0v) is 10.6. The van der Waals surface area contributed by atoms with E-state index in [-0.39, 0.29) is 5.91 Å². The summed E-state index contributed by atoms with van der Waals surface area (Å²) in [5, 5.41) is 3.44. The molecule has 1 amide bonds. The number of rotatable bonds is 4. The van der Waals surface area contributed by atoms with Crippen molar-refractivity contribution in [3.05, 3.63) is 30.4 Å². The maximum atomic E-state index is 11.8. The molecule has 2 rings (SSSR count). The molecule has 0 aliphatic carbocycles. The van der Waals surface area contributed by atoms with E-state index < -0.39 is 10.8 Å². The summed E-state index contributed by atoms with van der Waals surface area (Å²) in [5.41, 5.74) is 0.778. The van der Waals surface area contributed by atoms with Crippen LogP contribution >= 0.6 is 0 Å². The SMILES string of the molecule is CS(=O)CCNC(=O)c1ccc2cncnc2n1. The average molecular weight is 264 g/mol. The van der Waals surface area contributed by atoms with Gasteiger partial charge in [0.15, 0.2) is 5.65 Å². The fraction of sp³-hybridized carbons (Fsp3) is 0.273. The highest BCUT2D eigenvalue weighted by Crippen LogP contribution is 2.07. The third-order valence-electron chi connectivity index (χ3n) is 2.27. The lowest BCUT2D eigenvalue weighted by atomic mass is 10.3. The predicted octanol–water partition coefficient (Wildman–Crippen LogP) is 0.133. The zero-order valence-electron chi connectivity index (χ0n) is 9.79. The molecule has 0 aromatic carbocycles. The highest BCUT2D eigenvalue weighted by Gasteiger charge is 2.08. The molecule has 7 heteroatoms. The second-order valence-corrected chi connectivity index (χ2v) is 5.22.